The number of aliphatic carboxylic acids is 1. The maximum atomic E-state index is 11.3. The summed E-state index contributed by atoms with van der Waals surface area (Å²) in [4.78, 5) is 20.0. The van der Waals surface area contributed by atoms with Crippen LogP contribution in [-0.2, 0) is 21.4 Å². The monoisotopic (exact) mass is 236 g/mol. The summed E-state index contributed by atoms with van der Waals surface area (Å²) < 4.78 is 5.03. The summed E-state index contributed by atoms with van der Waals surface area (Å²) in [5, 5.41) is 9.29. The van der Waals surface area contributed by atoms with E-state index in [2.05, 4.69) is 16.9 Å². The summed E-state index contributed by atoms with van der Waals surface area (Å²) in [7, 11) is 0. The lowest BCUT2D eigenvalue weighted by Crippen LogP contribution is -2.54. The predicted molar refractivity (Wildman–Crippen MR) is 60.9 cm³/mol. The smallest absolute Gasteiger partial charge is 0.322 e. The number of rotatable bonds is 4. The molecule has 17 heavy (non-hydrogen) atoms. The highest BCUT2D eigenvalue weighted by Crippen LogP contribution is 2.30. The molecule has 1 aliphatic heterocycles. The van der Waals surface area contributed by atoms with Gasteiger partial charge in [0, 0.05) is 11.4 Å². The first-order chi connectivity index (χ1) is 8.08. The van der Waals surface area contributed by atoms with Crippen LogP contribution in [0, 0.1) is 6.92 Å². The van der Waals surface area contributed by atoms with Crippen molar-refractivity contribution in [3.63, 3.8) is 0 Å². The number of hydrogen-bond acceptors (Lipinski definition) is 4. The fourth-order valence-corrected chi connectivity index (χ4v) is 1.89. The van der Waals surface area contributed by atoms with E-state index < -0.39 is 11.4 Å². The highest BCUT2D eigenvalue weighted by molar-refractivity contribution is 5.81. The van der Waals surface area contributed by atoms with Gasteiger partial charge in [0.25, 0.3) is 0 Å². The Morgan fingerprint density at radius 2 is 2.24 bits per heavy atom. The normalized spacial score (nSPS) is 17.5. The molecule has 1 N–H and O–H groups in total. The lowest BCUT2D eigenvalue weighted by atomic mass is 9.85. The van der Waals surface area contributed by atoms with Crippen molar-refractivity contribution in [2.75, 3.05) is 13.2 Å². The van der Waals surface area contributed by atoms with E-state index >= 15 is 0 Å². The SMILES string of the molecule is CCCc1cc(C)nc(C2(C(=O)O)COC2)n1. The van der Waals surface area contributed by atoms with Crippen molar-refractivity contribution in [2.45, 2.75) is 32.1 Å². The molecular formula is C12H16N2O3. The van der Waals surface area contributed by atoms with Crippen LogP contribution in [0.4, 0.5) is 0 Å². The molecule has 2 rings (SSSR count). The average Bonchev–Trinajstić information content (AvgIpc) is 2.14. The highest BCUT2D eigenvalue weighted by Gasteiger charge is 2.50. The van der Waals surface area contributed by atoms with Gasteiger partial charge in [0.15, 0.2) is 11.2 Å². The van der Waals surface area contributed by atoms with Crippen molar-refractivity contribution in [2.24, 2.45) is 0 Å². The molecule has 0 unspecified atom stereocenters. The van der Waals surface area contributed by atoms with Gasteiger partial charge >= 0.3 is 5.97 Å². The van der Waals surface area contributed by atoms with E-state index in [-0.39, 0.29) is 13.2 Å². The summed E-state index contributed by atoms with van der Waals surface area (Å²) in [6.07, 6.45) is 1.82. The molecule has 1 fully saturated rings. The van der Waals surface area contributed by atoms with Crippen LogP contribution in [0.25, 0.3) is 0 Å². The van der Waals surface area contributed by atoms with Crippen molar-refractivity contribution in [1.82, 2.24) is 9.97 Å². The zero-order valence-corrected chi connectivity index (χ0v) is 10.1. The van der Waals surface area contributed by atoms with Crippen LogP contribution in [0.3, 0.4) is 0 Å². The fourth-order valence-electron chi connectivity index (χ4n) is 1.89. The second-order valence-electron chi connectivity index (χ2n) is 4.45. The topological polar surface area (TPSA) is 72.3 Å². The van der Waals surface area contributed by atoms with Crippen LogP contribution in [0.15, 0.2) is 6.07 Å². The van der Waals surface area contributed by atoms with E-state index in [1.807, 2.05) is 13.0 Å². The van der Waals surface area contributed by atoms with Gasteiger partial charge in [0.1, 0.15) is 0 Å². The first-order valence-corrected chi connectivity index (χ1v) is 5.74. The molecule has 5 nitrogen and oxygen atoms in total. The van der Waals surface area contributed by atoms with Crippen LogP contribution in [-0.4, -0.2) is 34.3 Å². The zero-order chi connectivity index (χ0) is 12.5. The van der Waals surface area contributed by atoms with E-state index in [1.54, 1.807) is 0 Å². The average molecular weight is 236 g/mol. The number of aromatic nitrogens is 2. The quantitative estimate of drug-likeness (QED) is 0.847. The third-order valence-corrected chi connectivity index (χ3v) is 2.95. The standard InChI is InChI=1S/C12H16N2O3/c1-3-4-9-5-8(2)13-10(14-9)12(11(15)16)6-17-7-12/h5H,3-4,6-7H2,1-2H3,(H,15,16). The van der Waals surface area contributed by atoms with E-state index in [0.717, 1.165) is 24.2 Å². The molecule has 0 atom stereocenters. The first kappa shape index (κ1) is 12.0. The van der Waals surface area contributed by atoms with Crippen LogP contribution in [0.2, 0.25) is 0 Å². The Balaban J connectivity index is 2.40. The molecule has 0 bridgehead atoms. The van der Waals surface area contributed by atoms with Crippen LogP contribution in [0.5, 0.6) is 0 Å². The summed E-state index contributed by atoms with van der Waals surface area (Å²) >= 11 is 0. The van der Waals surface area contributed by atoms with E-state index in [4.69, 9.17) is 4.74 Å². The van der Waals surface area contributed by atoms with Crippen LogP contribution in [0.1, 0.15) is 30.6 Å². The maximum absolute atomic E-state index is 11.3. The van der Waals surface area contributed by atoms with Crippen molar-refractivity contribution in [3.05, 3.63) is 23.3 Å². The number of carboxylic acids is 1. The minimum Gasteiger partial charge on any atom is -0.480 e. The molecule has 5 heteroatoms. The second kappa shape index (κ2) is 4.41. The summed E-state index contributed by atoms with van der Waals surface area (Å²) in [6, 6.07) is 1.90. The second-order valence-corrected chi connectivity index (χ2v) is 4.45. The van der Waals surface area contributed by atoms with E-state index in [9.17, 15) is 9.90 Å². The third-order valence-electron chi connectivity index (χ3n) is 2.95. The molecule has 1 aromatic rings. The van der Waals surface area contributed by atoms with Gasteiger partial charge in [-0.2, -0.15) is 0 Å². The molecule has 0 saturated carbocycles. The van der Waals surface area contributed by atoms with E-state index in [1.165, 1.54) is 0 Å². The van der Waals surface area contributed by atoms with Gasteiger partial charge in [-0.15, -0.1) is 0 Å². The van der Waals surface area contributed by atoms with E-state index in [0.29, 0.717) is 5.82 Å². The molecule has 0 amide bonds. The number of carboxylic acid groups (broad SMARTS) is 1. The Kier molecular flexibility index (Phi) is 3.11. The summed E-state index contributed by atoms with van der Waals surface area (Å²) in [5.41, 5.74) is 0.683. The van der Waals surface area contributed by atoms with Gasteiger partial charge in [-0.05, 0) is 19.4 Å². The highest BCUT2D eigenvalue weighted by atomic mass is 16.5. The first-order valence-electron chi connectivity index (χ1n) is 5.74. The van der Waals surface area contributed by atoms with Gasteiger partial charge < -0.3 is 9.84 Å². The Hall–Kier alpha value is -1.49. The van der Waals surface area contributed by atoms with Crippen molar-refractivity contribution in [3.8, 4) is 0 Å². The Bertz CT molecular complexity index is 441. The van der Waals surface area contributed by atoms with Gasteiger partial charge in [0.05, 0.1) is 13.2 Å². The van der Waals surface area contributed by atoms with Gasteiger partial charge in [0.2, 0.25) is 0 Å². The molecule has 0 aromatic carbocycles. The molecule has 1 aliphatic rings. The minimum atomic E-state index is -1.03. The number of carbonyl (C=O) groups is 1. The van der Waals surface area contributed by atoms with Crippen molar-refractivity contribution >= 4 is 5.97 Å². The lowest BCUT2D eigenvalue weighted by Gasteiger charge is -2.35. The Labute approximate surface area is 99.9 Å². The molecule has 0 aliphatic carbocycles. The number of nitrogens with zero attached hydrogens (tertiary/aromatic N) is 2. The predicted octanol–water partition coefficient (Wildman–Crippen LogP) is 1.09. The maximum Gasteiger partial charge on any atom is 0.322 e. The zero-order valence-electron chi connectivity index (χ0n) is 10.1. The van der Waals surface area contributed by atoms with Gasteiger partial charge in [-0.1, -0.05) is 13.3 Å². The molecule has 92 valence electrons. The number of ether oxygens (including phenoxy) is 1. The molecule has 1 saturated heterocycles. The molecule has 0 radical (unpaired) electrons. The third kappa shape index (κ3) is 2.02. The largest absolute Gasteiger partial charge is 0.480 e. The van der Waals surface area contributed by atoms with Crippen LogP contribution >= 0.6 is 0 Å². The Morgan fingerprint density at radius 1 is 1.53 bits per heavy atom. The fraction of sp³-hybridized carbons (Fsp3) is 0.583. The minimum absolute atomic E-state index is 0.164. The molecule has 0 spiro atoms. The Morgan fingerprint density at radius 3 is 2.71 bits per heavy atom. The molecule has 2 heterocycles. The summed E-state index contributed by atoms with van der Waals surface area (Å²) in [6.45, 7) is 4.25. The van der Waals surface area contributed by atoms with Crippen molar-refractivity contribution in [1.29, 1.82) is 0 Å². The number of hydrogen-bond donors (Lipinski definition) is 1. The van der Waals surface area contributed by atoms with Gasteiger partial charge in [-0.3, -0.25) is 4.79 Å². The van der Waals surface area contributed by atoms with Gasteiger partial charge in [-0.25, -0.2) is 9.97 Å². The molecule has 1 aromatic heterocycles. The van der Waals surface area contributed by atoms with Crippen LogP contribution < -0.4 is 0 Å². The molecular weight excluding hydrogens is 220 g/mol. The lowest BCUT2D eigenvalue weighted by molar-refractivity contribution is -0.164. The van der Waals surface area contributed by atoms with Crippen molar-refractivity contribution < 1.29 is 14.6 Å². The summed E-state index contributed by atoms with van der Waals surface area (Å²) in [5.74, 6) is -0.517. The number of aryl methyl sites for hydroxylation is 2.